The van der Waals surface area contributed by atoms with Crippen LogP contribution in [0.3, 0.4) is 0 Å². The number of pyridine rings is 1. The average molecular weight is 351 g/mol. The monoisotopic (exact) mass is 350 g/mol. The van der Waals surface area contributed by atoms with Crippen LogP contribution in [0.25, 0.3) is 10.8 Å². The minimum Gasteiger partial charge on any atom is -0.488 e. The van der Waals surface area contributed by atoms with Gasteiger partial charge in [-0.25, -0.2) is 0 Å². The van der Waals surface area contributed by atoms with Gasteiger partial charge in [0.2, 0.25) is 0 Å². The van der Waals surface area contributed by atoms with Crippen LogP contribution in [0.5, 0.6) is 5.75 Å². The maximum Gasteiger partial charge on any atom is 0.255 e. The first-order valence-corrected chi connectivity index (χ1v) is 9.46. The molecule has 0 radical (unpaired) electrons. The van der Waals surface area contributed by atoms with Crippen LogP contribution in [0, 0.1) is 11.8 Å². The van der Waals surface area contributed by atoms with Gasteiger partial charge in [0.15, 0.2) is 0 Å². The van der Waals surface area contributed by atoms with Crippen LogP contribution >= 0.6 is 23.4 Å². The van der Waals surface area contributed by atoms with E-state index in [0.717, 1.165) is 29.7 Å². The topological polar surface area (TPSA) is 68.1 Å². The molecule has 1 saturated heterocycles. The summed E-state index contributed by atoms with van der Waals surface area (Å²) in [6.45, 7) is 0. The highest BCUT2D eigenvalue weighted by molar-refractivity contribution is 7.99. The summed E-state index contributed by atoms with van der Waals surface area (Å²) >= 11 is 8.37. The highest BCUT2D eigenvalue weighted by Gasteiger charge is 2.41. The molecule has 2 aliphatic rings. The molecule has 1 aliphatic heterocycles. The van der Waals surface area contributed by atoms with E-state index in [1.165, 1.54) is 0 Å². The maximum atomic E-state index is 11.9. The van der Waals surface area contributed by atoms with Crippen molar-refractivity contribution in [1.82, 2.24) is 4.98 Å². The number of thioether (sulfide) groups is 1. The van der Waals surface area contributed by atoms with Gasteiger partial charge >= 0.3 is 0 Å². The lowest BCUT2D eigenvalue weighted by Gasteiger charge is -2.44. The summed E-state index contributed by atoms with van der Waals surface area (Å²) in [6.07, 6.45) is 3.85. The number of hydrogen-bond donors (Lipinski definition) is 2. The van der Waals surface area contributed by atoms with E-state index in [9.17, 15) is 4.79 Å². The van der Waals surface area contributed by atoms with Gasteiger partial charge in [-0.1, -0.05) is 11.6 Å². The Bertz CT molecular complexity index is 780. The van der Waals surface area contributed by atoms with E-state index in [4.69, 9.17) is 22.1 Å². The van der Waals surface area contributed by atoms with Gasteiger partial charge in [-0.05, 0) is 47.9 Å². The molecule has 1 saturated carbocycles. The van der Waals surface area contributed by atoms with Crippen molar-refractivity contribution in [3.63, 3.8) is 0 Å². The zero-order valence-electron chi connectivity index (χ0n) is 12.6. The normalized spacial score (nSPS) is 30.3. The first kappa shape index (κ1) is 15.4. The molecule has 3 N–H and O–H groups in total. The molecule has 6 heteroatoms. The quantitative estimate of drug-likeness (QED) is 0.873. The van der Waals surface area contributed by atoms with Crippen molar-refractivity contribution in [2.24, 2.45) is 17.6 Å². The molecule has 1 aromatic carbocycles. The number of aromatic amines is 1. The van der Waals surface area contributed by atoms with Crippen LogP contribution in [0.2, 0.25) is 5.02 Å². The molecular weight excluding hydrogens is 332 g/mol. The van der Waals surface area contributed by atoms with Gasteiger partial charge in [0.1, 0.15) is 11.9 Å². The van der Waals surface area contributed by atoms with Crippen molar-refractivity contribution in [1.29, 1.82) is 0 Å². The van der Waals surface area contributed by atoms with Crippen LogP contribution in [0.1, 0.15) is 12.8 Å². The van der Waals surface area contributed by atoms with Gasteiger partial charge in [-0.3, -0.25) is 4.79 Å². The lowest BCUT2D eigenvalue weighted by atomic mass is 9.77. The Morgan fingerprint density at radius 2 is 2.00 bits per heavy atom. The first-order valence-electron chi connectivity index (χ1n) is 7.93. The van der Waals surface area contributed by atoms with E-state index in [-0.39, 0.29) is 17.7 Å². The highest BCUT2D eigenvalue weighted by atomic mass is 35.5. The number of halogens is 1. The van der Waals surface area contributed by atoms with Gasteiger partial charge in [0.25, 0.3) is 5.56 Å². The summed E-state index contributed by atoms with van der Waals surface area (Å²) in [6, 6.07) is 5.73. The van der Waals surface area contributed by atoms with Gasteiger partial charge in [0, 0.05) is 29.5 Å². The molecule has 23 heavy (non-hydrogen) atoms. The van der Waals surface area contributed by atoms with Crippen LogP contribution in [0.15, 0.2) is 29.2 Å². The summed E-state index contributed by atoms with van der Waals surface area (Å²) in [5.74, 6) is 3.83. The molecule has 4 rings (SSSR count). The Balaban J connectivity index is 1.67. The van der Waals surface area contributed by atoms with E-state index in [1.54, 1.807) is 12.3 Å². The number of aromatic nitrogens is 1. The van der Waals surface area contributed by atoms with Crippen LogP contribution < -0.4 is 16.0 Å². The molecule has 2 fully saturated rings. The summed E-state index contributed by atoms with van der Waals surface area (Å²) in [7, 11) is 0. The third-order valence-corrected chi connectivity index (χ3v) is 6.52. The largest absolute Gasteiger partial charge is 0.488 e. The highest BCUT2D eigenvalue weighted by Crippen LogP contribution is 2.41. The molecule has 1 aliphatic carbocycles. The van der Waals surface area contributed by atoms with Crippen molar-refractivity contribution in [2.75, 3.05) is 11.5 Å². The SMILES string of the molecule is NC1CC2CSCC(C1)C2Oc1cc2cc[nH]c(=O)c2cc1Cl. The molecule has 4 nitrogen and oxygen atoms in total. The smallest absolute Gasteiger partial charge is 0.255 e. The van der Waals surface area contributed by atoms with Crippen molar-refractivity contribution in [3.8, 4) is 5.75 Å². The molecule has 0 spiro atoms. The third-order valence-electron chi connectivity index (χ3n) is 4.89. The van der Waals surface area contributed by atoms with Crippen molar-refractivity contribution >= 4 is 34.1 Å². The number of nitrogens with one attached hydrogen (secondary N) is 1. The van der Waals surface area contributed by atoms with E-state index >= 15 is 0 Å². The number of ether oxygens (including phenoxy) is 1. The second-order valence-electron chi connectivity index (χ2n) is 6.55. The minimum atomic E-state index is -0.132. The number of rotatable bonds is 2. The maximum absolute atomic E-state index is 11.9. The summed E-state index contributed by atoms with van der Waals surface area (Å²) in [4.78, 5) is 14.5. The predicted octanol–water partition coefficient (Wildman–Crippen LogP) is 3.03. The summed E-state index contributed by atoms with van der Waals surface area (Å²) in [5.41, 5.74) is 6.04. The Kier molecular flexibility index (Phi) is 4.03. The molecule has 2 unspecified atom stereocenters. The second kappa shape index (κ2) is 6.04. The molecule has 2 heterocycles. The fourth-order valence-corrected chi connectivity index (χ4v) is 5.44. The Labute approximate surface area is 143 Å². The predicted molar refractivity (Wildman–Crippen MR) is 95.5 cm³/mol. The minimum absolute atomic E-state index is 0.132. The van der Waals surface area contributed by atoms with E-state index in [2.05, 4.69) is 4.98 Å². The van der Waals surface area contributed by atoms with Gasteiger partial charge < -0.3 is 15.5 Å². The Hall–Kier alpha value is -1.17. The molecule has 2 atom stereocenters. The van der Waals surface area contributed by atoms with Gasteiger partial charge in [-0.2, -0.15) is 11.8 Å². The van der Waals surface area contributed by atoms with Crippen molar-refractivity contribution < 1.29 is 4.74 Å². The van der Waals surface area contributed by atoms with Crippen LogP contribution in [-0.2, 0) is 0 Å². The molecule has 0 amide bonds. The first-order chi connectivity index (χ1) is 11.1. The Morgan fingerprint density at radius 3 is 2.74 bits per heavy atom. The van der Waals surface area contributed by atoms with E-state index in [0.29, 0.717) is 28.0 Å². The average Bonchev–Trinajstić information content (AvgIpc) is 2.50. The zero-order valence-corrected chi connectivity index (χ0v) is 14.2. The molecule has 1 aromatic heterocycles. The fourth-order valence-electron chi connectivity index (χ4n) is 3.84. The zero-order chi connectivity index (χ0) is 16.0. The third kappa shape index (κ3) is 2.86. The molecule has 2 bridgehead atoms. The number of nitrogens with two attached hydrogens (primary N) is 1. The molecule has 122 valence electrons. The van der Waals surface area contributed by atoms with E-state index in [1.807, 2.05) is 23.9 Å². The Morgan fingerprint density at radius 1 is 1.26 bits per heavy atom. The van der Waals surface area contributed by atoms with Crippen LogP contribution in [-0.4, -0.2) is 28.6 Å². The van der Waals surface area contributed by atoms with Gasteiger partial charge in [0.05, 0.1) is 5.02 Å². The van der Waals surface area contributed by atoms with Crippen molar-refractivity contribution in [2.45, 2.75) is 25.0 Å². The number of fused-ring (bicyclic) bond motifs is 3. The van der Waals surface area contributed by atoms with Crippen molar-refractivity contribution in [3.05, 3.63) is 39.8 Å². The summed E-state index contributed by atoms with van der Waals surface area (Å²) < 4.78 is 6.34. The summed E-state index contributed by atoms with van der Waals surface area (Å²) in [5, 5.41) is 1.93. The van der Waals surface area contributed by atoms with Crippen LogP contribution in [0.4, 0.5) is 0 Å². The van der Waals surface area contributed by atoms with E-state index < -0.39 is 0 Å². The number of benzene rings is 1. The lowest BCUT2D eigenvalue weighted by Crippen LogP contribution is -2.50. The second-order valence-corrected chi connectivity index (χ2v) is 8.03. The standard InChI is InChI=1S/C17H19ClN2O2S/c18-14-6-13-9(1-2-20-17(13)21)5-15(14)22-16-10-3-12(19)4-11(16)8-23-7-10/h1-2,5-6,10-12,16H,3-4,7-8,19H2,(H,20,21). The molecule has 2 aromatic rings. The van der Waals surface area contributed by atoms with Gasteiger partial charge in [-0.15, -0.1) is 0 Å². The fraction of sp³-hybridized carbons (Fsp3) is 0.471. The number of hydrogen-bond acceptors (Lipinski definition) is 4. The lowest BCUT2D eigenvalue weighted by molar-refractivity contribution is 0.0469. The number of H-pyrrole nitrogens is 1. The molecular formula is C17H19ClN2O2S.